The van der Waals surface area contributed by atoms with Crippen molar-refractivity contribution < 1.29 is 4.74 Å². The second kappa shape index (κ2) is 6.80. The summed E-state index contributed by atoms with van der Waals surface area (Å²) in [4.78, 5) is 5.12. The van der Waals surface area contributed by atoms with Crippen molar-refractivity contribution in [1.82, 2.24) is 9.80 Å². The molecular formula is C12H23ClN2O. The number of ether oxygens (including phenoxy) is 1. The van der Waals surface area contributed by atoms with Crippen LogP contribution in [0.4, 0.5) is 0 Å². The van der Waals surface area contributed by atoms with Crippen LogP contribution >= 0.6 is 11.6 Å². The molecule has 1 saturated heterocycles. The monoisotopic (exact) mass is 246 g/mol. The Kier molecular flexibility index (Phi) is 5.36. The van der Waals surface area contributed by atoms with Gasteiger partial charge in [-0.2, -0.15) is 0 Å². The summed E-state index contributed by atoms with van der Waals surface area (Å²) in [6.07, 6.45) is 2.93. The van der Waals surface area contributed by atoms with Gasteiger partial charge in [0.1, 0.15) is 0 Å². The molecule has 1 aliphatic heterocycles. The molecule has 0 aromatic rings. The van der Waals surface area contributed by atoms with Crippen molar-refractivity contribution in [3.63, 3.8) is 0 Å². The number of hydrogen-bond acceptors (Lipinski definition) is 3. The molecule has 0 atom stereocenters. The van der Waals surface area contributed by atoms with Crippen LogP contribution in [0.5, 0.6) is 0 Å². The minimum atomic E-state index is 0.606. The van der Waals surface area contributed by atoms with Crippen molar-refractivity contribution in [2.24, 2.45) is 5.92 Å². The Morgan fingerprint density at radius 3 is 2.31 bits per heavy atom. The minimum absolute atomic E-state index is 0.606. The molecule has 1 aliphatic carbocycles. The van der Waals surface area contributed by atoms with E-state index in [1.54, 1.807) is 0 Å². The summed E-state index contributed by atoms with van der Waals surface area (Å²) in [6.45, 7) is 8.81. The van der Waals surface area contributed by atoms with Crippen molar-refractivity contribution >= 4 is 11.6 Å². The highest BCUT2D eigenvalue weighted by Crippen LogP contribution is 2.29. The second-order valence-corrected chi connectivity index (χ2v) is 5.26. The number of hydrogen-bond donors (Lipinski definition) is 0. The van der Waals surface area contributed by atoms with Gasteiger partial charge in [-0.05, 0) is 18.8 Å². The molecule has 94 valence electrons. The molecule has 2 rings (SSSR count). The molecule has 0 bridgehead atoms. The fraction of sp³-hybridized carbons (Fsp3) is 1.00. The van der Waals surface area contributed by atoms with Gasteiger partial charge in [-0.15, -0.1) is 11.6 Å². The molecule has 0 radical (unpaired) electrons. The fourth-order valence-electron chi connectivity index (χ4n) is 2.21. The van der Waals surface area contributed by atoms with Crippen LogP contribution in [0.3, 0.4) is 0 Å². The summed E-state index contributed by atoms with van der Waals surface area (Å²) in [5.41, 5.74) is 0. The van der Waals surface area contributed by atoms with Gasteiger partial charge in [0.2, 0.25) is 0 Å². The van der Waals surface area contributed by atoms with E-state index in [0.29, 0.717) is 12.5 Å². The van der Waals surface area contributed by atoms with E-state index in [9.17, 15) is 0 Å². The molecule has 0 N–H and O–H groups in total. The first-order valence-electron chi connectivity index (χ1n) is 6.47. The standard InChI is InChI=1S/C12H23ClN2O/c13-3-9-16-10-8-14-4-6-15(7-5-14)11-12-1-2-12/h12H,1-11H2. The quantitative estimate of drug-likeness (QED) is 0.497. The number of alkyl halides is 1. The van der Waals surface area contributed by atoms with Gasteiger partial charge in [0.05, 0.1) is 13.2 Å². The lowest BCUT2D eigenvalue weighted by Gasteiger charge is -2.34. The average molecular weight is 247 g/mol. The summed E-state index contributed by atoms with van der Waals surface area (Å²) in [5.74, 6) is 1.63. The van der Waals surface area contributed by atoms with Gasteiger partial charge in [0.25, 0.3) is 0 Å². The third-order valence-corrected chi connectivity index (χ3v) is 3.61. The predicted octanol–water partition coefficient (Wildman–Crippen LogP) is 1.27. The number of halogens is 1. The van der Waals surface area contributed by atoms with Crippen molar-refractivity contribution in [1.29, 1.82) is 0 Å². The zero-order valence-corrected chi connectivity index (χ0v) is 10.8. The fourth-order valence-corrected chi connectivity index (χ4v) is 2.32. The lowest BCUT2D eigenvalue weighted by Crippen LogP contribution is -2.47. The first-order valence-corrected chi connectivity index (χ1v) is 7.00. The molecule has 1 saturated carbocycles. The molecule has 4 heteroatoms. The number of nitrogens with zero attached hydrogens (tertiary/aromatic N) is 2. The maximum absolute atomic E-state index is 5.55. The highest BCUT2D eigenvalue weighted by atomic mass is 35.5. The van der Waals surface area contributed by atoms with E-state index in [0.717, 1.165) is 19.1 Å². The molecule has 0 aromatic carbocycles. The van der Waals surface area contributed by atoms with Gasteiger partial charge in [0, 0.05) is 45.1 Å². The van der Waals surface area contributed by atoms with Crippen LogP contribution in [0.2, 0.25) is 0 Å². The van der Waals surface area contributed by atoms with Crippen LogP contribution in [-0.2, 0) is 4.74 Å². The van der Waals surface area contributed by atoms with Crippen LogP contribution in [0.25, 0.3) is 0 Å². The average Bonchev–Trinajstić information content (AvgIpc) is 3.11. The number of rotatable bonds is 7. The summed E-state index contributed by atoms with van der Waals surface area (Å²) < 4.78 is 5.40. The molecule has 3 nitrogen and oxygen atoms in total. The van der Waals surface area contributed by atoms with E-state index >= 15 is 0 Å². The van der Waals surface area contributed by atoms with Crippen LogP contribution in [0.1, 0.15) is 12.8 Å². The van der Waals surface area contributed by atoms with Crippen LogP contribution in [-0.4, -0.2) is 68.2 Å². The first-order chi connectivity index (χ1) is 7.88. The Morgan fingerprint density at radius 2 is 1.69 bits per heavy atom. The van der Waals surface area contributed by atoms with Crippen molar-refractivity contribution in [3.8, 4) is 0 Å². The maximum atomic E-state index is 5.55. The summed E-state index contributed by atoms with van der Waals surface area (Å²) >= 11 is 5.55. The minimum Gasteiger partial charge on any atom is -0.379 e. The highest BCUT2D eigenvalue weighted by molar-refractivity contribution is 6.17. The van der Waals surface area contributed by atoms with Crippen molar-refractivity contribution in [2.45, 2.75) is 12.8 Å². The zero-order valence-electron chi connectivity index (χ0n) is 10.0. The van der Waals surface area contributed by atoms with Crippen LogP contribution in [0.15, 0.2) is 0 Å². The van der Waals surface area contributed by atoms with Crippen molar-refractivity contribution in [3.05, 3.63) is 0 Å². The second-order valence-electron chi connectivity index (χ2n) is 4.89. The normalized spacial score (nSPS) is 23.8. The van der Waals surface area contributed by atoms with Crippen LogP contribution in [0, 0.1) is 5.92 Å². The van der Waals surface area contributed by atoms with Gasteiger partial charge in [-0.3, -0.25) is 4.90 Å². The summed E-state index contributed by atoms with van der Waals surface area (Å²) in [5, 5.41) is 0. The SMILES string of the molecule is ClCCOCCN1CCN(CC2CC2)CC1. The molecule has 16 heavy (non-hydrogen) atoms. The predicted molar refractivity (Wildman–Crippen MR) is 67.1 cm³/mol. The largest absolute Gasteiger partial charge is 0.379 e. The van der Waals surface area contributed by atoms with Crippen molar-refractivity contribution in [2.75, 3.05) is 58.4 Å². The Labute approximate surface area is 104 Å². The molecular weight excluding hydrogens is 224 g/mol. The topological polar surface area (TPSA) is 15.7 Å². The molecule has 2 aliphatic rings. The van der Waals surface area contributed by atoms with Gasteiger partial charge < -0.3 is 9.64 Å². The Hall–Kier alpha value is 0.170. The Balaban J connectivity index is 1.50. The first kappa shape index (κ1) is 12.6. The Bertz CT molecular complexity index is 191. The van der Waals surface area contributed by atoms with Gasteiger partial charge >= 0.3 is 0 Å². The number of piperazine rings is 1. The van der Waals surface area contributed by atoms with Gasteiger partial charge in [-0.25, -0.2) is 0 Å². The highest BCUT2D eigenvalue weighted by Gasteiger charge is 2.26. The van der Waals surface area contributed by atoms with E-state index in [1.807, 2.05) is 0 Å². The van der Waals surface area contributed by atoms with E-state index in [4.69, 9.17) is 16.3 Å². The van der Waals surface area contributed by atoms with Gasteiger partial charge in [0.15, 0.2) is 0 Å². The molecule has 1 heterocycles. The third-order valence-electron chi connectivity index (χ3n) is 3.45. The Morgan fingerprint density at radius 1 is 1.00 bits per heavy atom. The van der Waals surface area contributed by atoms with E-state index < -0.39 is 0 Å². The summed E-state index contributed by atoms with van der Waals surface area (Å²) in [6, 6.07) is 0. The maximum Gasteiger partial charge on any atom is 0.0602 e. The molecule has 0 amide bonds. The van der Waals surface area contributed by atoms with Gasteiger partial charge in [-0.1, -0.05) is 0 Å². The molecule has 2 fully saturated rings. The molecule has 0 spiro atoms. The molecule has 0 unspecified atom stereocenters. The molecule has 0 aromatic heterocycles. The van der Waals surface area contributed by atoms with E-state index in [1.165, 1.54) is 45.6 Å². The summed E-state index contributed by atoms with van der Waals surface area (Å²) in [7, 11) is 0. The lowest BCUT2D eigenvalue weighted by atomic mass is 10.3. The van der Waals surface area contributed by atoms with E-state index in [2.05, 4.69) is 9.80 Å². The van der Waals surface area contributed by atoms with Crippen LogP contribution < -0.4 is 0 Å². The third kappa shape index (κ3) is 4.58. The van der Waals surface area contributed by atoms with E-state index in [-0.39, 0.29) is 0 Å². The lowest BCUT2D eigenvalue weighted by molar-refractivity contribution is 0.0801. The smallest absolute Gasteiger partial charge is 0.0602 e. The zero-order chi connectivity index (χ0) is 11.2.